The molecule has 0 aromatic heterocycles. The van der Waals surface area contributed by atoms with Crippen molar-refractivity contribution < 1.29 is 9.47 Å². The summed E-state index contributed by atoms with van der Waals surface area (Å²) in [5.74, 6) is 0.888. The lowest BCUT2D eigenvalue weighted by Gasteiger charge is -2.14. The first-order valence-electron chi connectivity index (χ1n) is 9.30. The van der Waals surface area contributed by atoms with Gasteiger partial charge in [-0.1, -0.05) is 62.6 Å². The summed E-state index contributed by atoms with van der Waals surface area (Å²) >= 11 is 0. The molecule has 0 atom stereocenters. The number of azide groups is 2. The van der Waals surface area contributed by atoms with Crippen LogP contribution in [-0.2, 0) is 0 Å². The topological polar surface area (TPSA) is 116 Å². The number of hydrogen-bond acceptors (Lipinski definition) is 4. The van der Waals surface area contributed by atoms with Gasteiger partial charge in [-0.2, -0.15) is 0 Å². The molecule has 0 saturated carbocycles. The van der Waals surface area contributed by atoms with Crippen molar-refractivity contribution in [2.24, 2.45) is 10.2 Å². The van der Waals surface area contributed by atoms with Crippen molar-refractivity contribution in [3.63, 3.8) is 0 Å². The van der Waals surface area contributed by atoms with E-state index in [1.165, 1.54) is 6.07 Å². The van der Waals surface area contributed by atoms with Gasteiger partial charge in [0.05, 0.1) is 24.6 Å². The summed E-state index contributed by atoms with van der Waals surface area (Å²) in [5, 5.41) is 7.29. The molecule has 0 saturated heterocycles. The Labute approximate surface area is 154 Å². The van der Waals surface area contributed by atoms with Gasteiger partial charge in [0.25, 0.3) is 0 Å². The first-order valence-corrected chi connectivity index (χ1v) is 9.30. The second-order valence-electron chi connectivity index (χ2n) is 5.98. The molecule has 0 radical (unpaired) electrons. The van der Waals surface area contributed by atoms with Crippen LogP contribution >= 0.6 is 0 Å². The van der Waals surface area contributed by atoms with E-state index in [2.05, 4.69) is 33.9 Å². The maximum absolute atomic E-state index is 8.77. The molecule has 142 valence electrons. The van der Waals surface area contributed by atoms with E-state index in [0.717, 1.165) is 51.4 Å². The average Bonchev–Trinajstić information content (AvgIpc) is 2.64. The van der Waals surface area contributed by atoms with E-state index in [0.29, 0.717) is 36.1 Å². The Kier molecular flexibility index (Phi) is 11.3. The molecule has 0 aliphatic carbocycles. The molecular formula is C18H28N6O2. The van der Waals surface area contributed by atoms with E-state index < -0.39 is 0 Å². The van der Waals surface area contributed by atoms with Gasteiger partial charge in [-0.05, 0) is 30.0 Å². The third kappa shape index (κ3) is 8.01. The highest BCUT2D eigenvalue weighted by Crippen LogP contribution is 2.40. The van der Waals surface area contributed by atoms with Crippen molar-refractivity contribution in [2.75, 3.05) is 13.2 Å². The summed E-state index contributed by atoms with van der Waals surface area (Å²) in [5.41, 5.74) is 18.1. The fraction of sp³-hybridized carbons (Fsp3) is 0.667. The zero-order valence-electron chi connectivity index (χ0n) is 15.7. The highest BCUT2D eigenvalue weighted by molar-refractivity contribution is 5.66. The van der Waals surface area contributed by atoms with E-state index in [4.69, 9.17) is 20.5 Å². The number of unbranched alkanes of at least 4 members (excludes halogenated alkanes) is 6. The average molecular weight is 360 g/mol. The number of ether oxygens (including phenoxy) is 2. The van der Waals surface area contributed by atoms with Crippen molar-refractivity contribution in [3.05, 3.63) is 33.0 Å². The molecule has 0 heterocycles. The maximum atomic E-state index is 8.77. The Morgan fingerprint density at radius 2 is 1.19 bits per heavy atom. The summed E-state index contributed by atoms with van der Waals surface area (Å²) in [6, 6.07) is 3.15. The fourth-order valence-electron chi connectivity index (χ4n) is 2.44. The van der Waals surface area contributed by atoms with Crippen molar-refractivity contribution in [1.82, 2.24) is 0 Å². The molecule has 0 aliphatic rings. The molecule has 0 bridgehead atoms. The predicted molar refractivity (Wildman–Crippen MR) is 103 cm³/mol. The molecule has 1 aromatic carbocycles. The fourth-order valence-corrected chi connectivity index (χ4v) is 2.44. The van der Waals surface area contributed by atoms with Crippen LogP contribution in [0.5, 0.6) is 11.5 Å². The highest BCUT2D eigenvalue weighted by atomic mass is 16.5. The molecule has 0 amide bonds. The lowest BCUT2D eigenvalue weighted by molar-refractivity contribution is 0.291. The quantitative estimate of drug-likeness (QED) is 0.148. The Morgan fingerprint density at radius 3 is 1.58 bits per heavy atom. The minimum atomic E-state index is 0.295. The minimum absolute atomic E-state index is 0.295. The molecule has 0 fully saturated rings. The van der Waals surface area contributed by atoms with Crippen molar-refractivity contribution in [3.8, 4) is 11.5 Å². The molecule has 8 heteroatoms. The van der Waals surface area contributed by atoms with E-state index >= 15 is 0 Å². The molecule has 0 N–H and O–H groups in total. The van der Waals surface area contributed by atoms with Crippen LogP contribution in [0.15, 0.2) is 22.4 Å². The van der Waals surface area contributed by atoms with Crippen molar-refractivity contribution in [1.29, 1.82) is 0 Å². The van der Waals surface area contributed by atoms with Gasteiger partial charge in [-0.25, -0.2) is 0 Å². The molecule has 0 aliphatic heterocycles. The van der Waals surface area contributed by atoms with Crippen LogP contribution in [0.2, 0.25) is 0 Å². The van der Waals surface area contributed by atoms with Crippen LogP contribution in [0.1, 0.15) is 65.2 Å². The second kappa shape index (κ2) is 13.7. The smallest absolute Gasteiger partial charge is 0.132 e. The first-order chi connectivity index (χ1) is 12.8. The van der Waals surface area contributed by atoms with E-state index in [-0.39, 0.29) is 0 Å². The molecule has 1 aromatic rings. The van der Waals surface area contributed by atoms with Gasteiger partial charge in [-0.15, -0.1) is 0 Å². The summed E-state index contributed by atoms with van der Waals surface area (Å²) < 4.78 is 11.6. The Hall–Kier alpha value is -2.56. The lowest BCUT2D eigenvalue weighted by atomic mass is 10.2. The first kappa shape index (κ1) is 21.5. The highest BCUT2D eigenvalue weighted by Gasteiger charge is 2.11. The Morgan fingerprint density at radius 1 is 0.731 bits per heavy atom. The van der Waals surface area contributed by atoms with Crippen LogP contribution in [0, 0.1) is 0 Å². The summed E-state index contributed by atoms with van der Waals surface area (Å²) in [6.45, 7) is 5.37. The zero-order valence-corrected chi connectivity index (χ0v) is 15.7. The Bertz CT molecular complexity index is 586. The van der Waals surface area contributed by atoms with E-state index in [1.54, 1.807) is 6.07 Å². The summed E-state index contributed by atoms with van der Waals surface area (Å²) in [7, 11) is 0. The van der Waals surface area contributed by atoms with E-state index in [9.17, 15) is 0 Å². The van der Waals surface area contributed by atoms with Gasteiger partial charge >= 0.3 is 0 Å². The van der Waals surface area contributed by atoms with Gasteiger partial charge in [0, 0.05) is 15.9 Å². The normalized spacial score (nSPS) is 9.92. The van der Waals surface area contributed by atoms with Gasteiger partial charge in [-0.3, -0.25) is 0 Å². The third-order valence-electron chi connectivity index (χ3n) is 3.86. The number of nitrogens with zero attached hydrogens (tertiary/aromatic N) is 6. The van der Waals surface area contributed by atoms with Gasteiger partial charge < -0.3 is 9.47 Å². The second-order valence-corrected chi connectivity index (χ2v) is 5.98. The van der Waals surface area contributed by atoms with Crippen LogP contribution < -0.4 is 9.47 Å². The standard InChI is InChI=1S/C18H28N6O2/c1-3-5-7-9-11-25-17-14-18(26-12-10-8-6-4-2)16(22-24-20)13-15(17)21-23-19/h13-14H,3-12H2,1-2H3. The van der Waals surface area contributed by atoms with Crippen LogP contribution in [0.4, 0.5) is 11.4 Å². The summed E-state index contributed by atoms with van der Waals surface area (Å²) in [6.07, 6.45) is 8.66. The minimum Gasteiger partial charge on any atom is -0.493 e. The molecular weight excluding hydrogens is 332 g/mol. The molecule has 1 rings (SSSR count). The van der Waals surface area contributed by atoms with Gasteiger partial charge in [0.15, 0.2) is 0 Å². The number of benzene rings is 1. The Balaban J connectivity index is 2.88. The van der Waals surface area contributed by atoms with Crippen LogP contribution in [0.3, 0.4) is 0 Å². The monoisotopic (exact) mass is 360 g/mol. The van der Waals surface area contributed by atoms with Gasteiger partial charge in [0.1, 0.15) is 11.5 Å². The van der Waals surface area contributed by atoms with Crippen molar-refractivity contribution >= 4 is 11.4 Å². The molecule has 0 spiro atoms. The van der Waals surface area contributed by atoms with Crippen LogP contribution in [0.25, 0.3) is 20.9 Å². The van der Waals surface area contributed by atoms with Crippen LogP contribution in [-0.4, -0.2) is 13.2 Å². The van der Waals surface area contributed by atoms with Gasteiger partial charge in [0.2, 0.25) is 0 Å². The largest absolute Gasteiger partial charge is 0.493 e. The SMILES string of the molecule is CCCCCCOc1cc(OCCCCCC)c(N=[N+]=[N-])cc1N=[N+]=[N-]. The molecule has 0 unspecified atom stereocenters. The molecule has 26 heavy (non-hydrogen) atoms. The summed E-state index contributed by atoms with van der Waals surface area (Å²) in [4.78, 5) is 5.64. The third-order valence-corrected chi connectivity index (χ3v) is 3.86. The number of hydrogen-bond donors (Lipinski definition) is 0. The number of rotatable bonds is 14. The predicted octanol–water partition coefficient (Wildman–Crippen LogP) is 7.49. The van der Waals surface area contributed by atoms with Crippen molar-refractivity contribution in [2.45, 2.75) is 65.2 Å². The van der Waals surface area contributed by atoms with E-state index in [1.807, 2.05) is 0 Å². The molecule has 8 nitrogen and oxygen atoms in total. The lowest BCUT2D eigenvalue weighted by Crippen LogP contribution is -2.00. The maximum Gasteiger partial charge on any atom is 0.132 e. The zero-order chi connectivity index (χ0) is 19.0.